The summed E-state index contributed by atoms with van der Waals surface area (Å²) in [7, 11) is 0. The minimum atomic E-state index is -0.911. The second-order valence-corrected chi connectivity index (χ2v) is 6.23. The van der Waals surface area contributed by atoms with Gasteiger partial charge < -0.3 is 0 Å². The number of carbonyl (C=O) groups excluding carboxylic acids is 1. The highest BCUT2D eigenvalue weighted by Gasteiger charge is 2.51. The molecule has 2 atom stereocenters. The lowest BCUT2D eigenvalue weighted by Gasteiger charge is -2.35. The van der Waals surface area contributed by atoms with Gasteiger partial charge in [-0.15, -0.1) is 0 Å². The highest BCUT2D eigenvalue weighted by molar-refractivity contribution is 5.93. The molecule has 0 aliphatic heterocycles. The van der Waals surface area contributed by atoms with Crippen molar-refractivity contribution in [1.82, 2.24) is 0 Å². The van der Waals surface area contributed by atoms with Crippen LogP contribution in [0.1, 0.15) is 36.3 Å². The summed E-state index contributed by atoms with van der Waals surface area (Å²) in [6, 6.07) is 15.0. The lowest BCUT2D eigenvalue weighted by Crippen LogP contribution is -2.41. The molecule has 1 fully saturated rings. The van der Waals surface area contributed by atoms with E-state index >= 15 is 0 Å². The minimum Gasteiger partial charge on any atom is -0.299 e. The third-order valence-corrected chi connectivity index (χ3v) is 4.96. The maximum atomic E-state index is 13.3. The molecule has 124 valence electrons. The van der Waals surface area contributed by atoms with Gasteiger partial charge in [0.05, 0.1) is 11.3 Å². The molecule has 0 radical (unpaired) electrons. The molecule has 1 saturated carbocycles. The first-order valence-electron chi connectivity index (χ1n) is 8.00. The molecule has 0 aromatic heterocycles. The van der Waals surface area contributed by atoms with E-state index in [4.69, 9.17) is 0 Å². The second kappa shape index (κ2) is 6.51. The van der Waals surface area contributed by atoms with Gasteiger partial charge in [-0.1, -0.05) is 42.5 Å². The van der Waals surface area contributed by atoms with Gasteiger partial charge in [-0.25, -0.2) is 4.39 Å². The predicted molar refractivity (Wildman–Crippen MR) is 88.0 cm³/mol. The van der Waals surface area contributed by atoms with Gasteiger partial charge in [0.15, 0.2) is 0 Å². The van der Waals surface area contributed by atoms with E-state index in [1.54, 1.807) is 12.1 Å². The molecular weight excluding hydrogens is 309 g/mol. The number of benzene rings is 2. The zero-order chi connectivity index (χ0) is 17.2. The van der Waals surface area contributed by atoms with Gasteiger partial charge in [0.1, 0.15) is 11.6 Å². The Morgan fingerprint density at radius 2 is 1.79 bits per heavy atom. The first-order chi connectivity index (χ1) is 11.5. The number of rotatable bonds is 5. The molecule has 0 bridgehead atoms. The summed E-state index contributed by atoms with van der Waals surface area (Å²) >= 11 is 0. The molecule has 0 N–H and O–H groups in total. The van der Waals surface area contributed by atoms with Gasteiger partial charge >= 0.3 is 0 Å². The maximum absolute atomic E-state index is 13.3. The smallest absolute Gasteiger partial charge is 0.211 e. The number of Topliss-reactive ketones (excluding diaryl/α,β-unsaturated/α-hetero) is 1. The van der Waals surface area contributed by atoms with Gasteiger partial charge in [-0.3, -0.25) is 14.9 Å². The molecule has 5 heteroatoms. The van der Waals surface area contributed by atoms with Crippen LogP contribution in [-0.2, 0) is 10.2 Å². The Balaban J connectivity index is 2.16. The number of nitro groups is 1. The lowest BCUT2D eigenvalue weighted by molar-refractivity contribution is -0.485. The van der Waals surface area contributed by atoms with Crippen LogP contribution in [0.15, 0.2) is 54.6 Å². The average Bonchev–Trinajstić information content (AvgIpc) is 2.96. The van der Waals surface area contributed by atoms with Crippen molar-refractivity contribution in [2.24, 2.45) is 0 Å². The highest BCUT2D eigenvalue weighted by Crippen LogP contribution is 2.48. The van der Waals surface area contributed by atoms with Crippen LogP contribution in [0.25, 0.3) is 0 Å². The standard InChI is InChI=1S/C19H18FNO3/c20-16-10-8-14(9-11-16)17(13-21(23)24)19(12-4-7-18(19)22)15-5-2-1-3-6-15/h1-3,5-6,8-11,17H,4,7,12-13H2/t17-,19+/m0/s1. The number of carbonyl (C=O) groups is 1. The zero-order valence-corrected chi connectivity index (χ0v) is 13.2. The van der Waals surface area contributed by atoms with E-state index in [1.165, 1.54) is 12.1 Å². The fourth-order valence-electron chi connectivity index (χ4n) is 3.89. The van der Waals surface area contributed by atoms with E-state index in [-0.39, 0.29) is 17.3 Å². The quantitative estimate of drug-likeness (QED) is 0.618. The van der Waals surface area contributed by atoms with Crippen molar-refractivity contribution in [3.63, 3.8) is 0 Å². The van der Waals surface area contributed by atoms with Gasteiger partial charge in [0.2, 0.25) is 6.54 Å². The fraction of sp³-hybridized carbons (Fsp3) is 0.316. The molecule has 1 aliphatic rings. The largest absolute Gasteiger partial charge is 0.299 e. The third kappa shape index (κ3) is 2.82. The summed E-state index contributed by atoms with van der Waals surface area (Å²) in [6.45, 7) is -0.355. The number of ketones is 1. The molecule has 0 spiro atoms. The number of halogens is 1. The van der Waals surface area contributed by atoms with Crippen LogP contribution < -0.4 is 0 Å². The SMILES string of the molecule is O=C1CCC[C@@]1(c1ccccc1)[C@@H](C[N+](=O)[O-])c1ccc(F)cc1. The van der Waals surface area contributed by atoms with Crippen LogP contribution in [0.4, 0.5) is 4.39 Å². The number of nitrogens with zero attached hydrogens (tertiary/aromatic N) is 1. The average molecular weight is 327 g/mol. The van der Waals surface area contributed by atoms with Crippen LogP contribution in [0.5, 0.6) is 0 Å². The van der Waals surface area contributed by atoms with Crippen LogP contribution >= 0.6 is 0 Å². The Morgan fingerprint density at radius 3 is 2.33 bits per heavy atom. The molecule has 24 heavy (non-hydrogen) atoms. The zero-order valence-electron chi connectivity index (χ0n) is 13.2. The molecule has 2 aromatic rings. The van der Waals surface area contributed by atoms with Crippen molar-refractivity contribution in [2.75, 3.05) is 6.54 Å². The lowest BCUT2D eigenvalue weighted by atomic mass is 9.65. The monoisotopic (exact) mass is 327 g/mol. The van der Waals surface area contributed by atoms with E-state index in [0.717, 1.165) is 5.56 Å². The van der Waals surface area contributed by atoms with E-state index in [0.29, 0.717) is 24.8 Å². The van der Waals surface area contributed by atoms with E-state index in [2.05, 4.69) is 0 Å². The summed E-state index contributed by atoms with van der Waals surface area (Å²) in [5.74, 6) is -0.972. The first-order valence-corrected chi connectivity index (χ1v) is 8.00. The summed E-state index contributed by atoms with van der Waals surface area (Å²) in [6.07, 6.45) is 1.71. The predicted octanol–water partition coefficient (Wildman–Crippen LogP) is 3.88. The van der Waals surface area contributed by atoms with Crippen molar-refractivity contribution in [1.29, 1.82) is 0 Å². The highest BCUT2D eigenvalue weighted by atomic mass is 19.1. The Morgan fingerprint density at radius 1 is 1.12 bits per heavy atom. The van der Waals surface area contributed by atoms with Gasteiger partial charge in [0, 0.05) is 11.3 Å². The normalized spacial score (nSPS) is 21.6. The van der Waals surface area contributed by atoms with E-state index < -0.39 is 17.2 Å². The van der Waals surface area contributed by atoms with Crippen molar-refractivity contribution in [3.8, 4) is 0 Å². The Labute approximate surface area is 139 Å². The Bertz CT molecular complexity index is 745. The van der Waals surface area contributed by atoms with Crippen LogP contribution in [0, 0.1) is 15.9 Å². The Kier molecular flexibility index (Phi) is 4.42. The van der Waals surface area contributed by atoms with Gasteiger partial charge in [-0.05, 0) is 36.1 Å². The van der Waals surface area contributed by atoms with Gasteiger partial charge in [-0.2, -0.15) is 0 Å². The molecule has 0 amide bonds. The Hall–Kier alpha value is -2.56. The third-order valence-electron chi connectivity index (χ3n) is 4.96. The van der Waals surface area contributed by atoms with Crippen molar-refractivity contribution < 1.29 is 14.1 Å². The molecule has 3 rings (SSSR count). The van der Waals surface area contributed by atoms with Crippen LogP contribution in [0.3, 0.4) is 0 Å². The summed E-state index contributed by atoms with van der Waals surface area (Å²) in [5.41, 5.74) is 0.530. The van der Waals surface area contributed by atoms with E-state index in [1.807, 2.05) is 30.3 Å². The maximum Gasteiger partial charge on any atom is 0.211 e. The van der Waals surface area contributed by atoms with Crippen molar-refractivity contribution in [3.05, 3.63) is 81.7 Å². The molecule has 0 heterocycles. The molecule has 0 saturated heterocycles. The molecular formula is C19H18FNO3. The molecule has 2 aromatic carbocycles. The van der Waals surface area contributed by atoms with E-state index in [9.17, 15) is 19.3 Å². The number of hydrogen-bond donors (Lipinski definition) is 0. The van der Waals surface area contributed by atoms with Crippen molar-refractivity contribution in [2.45, 2.75) is 30.6 Å². The molecule has 1 aliphatic carbocycles. The molecule has 4 nitrogen and oxygen atoms in total. The fourth-order valence-corrected chi connectivity index (χ4v) is 3.89. The summed E-state index contributed by atoms with van der Waals surface area (Å²) in [5, 5.41) is 11.3. The van der Waals surface area contributed by atoms with Crippen LogP contribution in [0.2, 0.25) is 0 Å². The summed E-state index contributed by atoms with van der Waals surface area (Å²) in [4.78, 5) is 23.8. The number of hydrogen-bond acceptors (Lipinski definition) is 3. The van der Waals surface area contributed by atoms with Crippen molar-refractivity contribution >= 4 is 5.78 Å². The molecule has 0 unspecified atom stereocenters. The summed E-state index contributed by atoms with van der Waals surface area (Å²) < 4.78 is 13.3. The minimum absolute atomic E-state index is 0.0323. The first kappa shape index (κ1) is 16.3. The van der Waals surface area contributed by atoms with Gasteiger partial charge in [0.25, 0.3) is 0 Å². The second-order valence-electron chi connectivity index (χ2n) is 6.23. The topological polar surface area (TPSA) is 60.2 Å². The van der Waals surface area contributed by atoms with Crippen LogP contribution in [-0.4, -0.2) is 17.3 Å².